The number of nitrogens with one attached hydrogen (secondary N) is 1. The van der Waals surface area contributed by atoms with Gasteiger partial charge in [-0.2, -0.15) is 5.10 Å². The minimum absolute atomic E-state index is 0.103. The van der Waals surface area contributed by atoms with E-state index in [4.69, 9.17) is 0 Å². The fraction of sp³-hybridized carbons (Fsp3) is 0.812. The maximum atomic E-state index is 11.9. The number of aromatic nitrogens is 2. The molecule has 1 aliphatic rings. The second-order valence-corrected chi connectivity index (χ2v) is 9.15. The van der Waals surface area contributed by atoms with Crippen molar-refractivity contribution in [3.63, 3.8) is 0 Å². The largest absolute Gasteiger partial charge is 0.312 e. The Balaban J connectivity index is 1.89. The van der Waals surface area contributed by atoms with Crippen molar-refractivity contribution in [1.82, 2.24) is 15.1 Å². The Hall–Kier alpha value is -0.880. The van der Waals surface area contributed by atoms with Crippen molar-refractivity contribution in [2.45, 2.75) is 64.3 Å². The van der Waals surface area contributed by atoms with E-state index in [9.17, 15) is 8.42 Å². The molecule has 0 radical (unpaired) electrons. The van der Waals surface area contributed by atoms with Crippen LogP contribution < -0.4 is 5.32 Å². The molecule has 0 aliphatic heterocycles. The normalized spacial score (nSPS) is 24.4. The van der Waals surface area contributed by atoms with Crippen LogP contribution in [0.4, 0.5) is 0 Å². The number of sulfone groups is 1. The molecule has 0 aromatic carbocycles. The number of hydrogen-bond acceptors (Lipinski definition) is 4. The van der Waals surface area contributed by atoms with Crippen molar-refractivity contribution in [1.29, 1.82) is 0 Å². The van der Waals surface area contributed by atoms with Crippen LogP contribution in [0.25, 0.3) is 0 Å². The minimum atomic E-state index is -2.97. The van der Waals surface area contributed by atoms with Gasteiger partial charge >= 0.3 is 0 Å². The maximum Gasteiger partial charge on any atom is 0.151 e. The Kier molecular flexibility index (Phi) is 5.66. The van der Waals surface area contributed by atoms with E-state index in [1.807, 2.05) is 11.6 Å². The van der Waals surface area contributed by atoms with Gasteiger partial charge in [-0.05, 0) is 45.2 Å². The van der Waals surface area contributed by atoms with Crippen LogP contribution in [-0.2, 0) is 16.4 Å². The second-order valence-electron chi connectivity index (χ2n) is 6.88. The van der Waals surface area contributed by atoms with Crippen LogP contribution in [0.5, 0.6) is 0 Å². The molecule has 3 atom stereocenters. The van der Waals surface area contributed by atoms with Crippen LogP contribution in [-0.4, -0.2) is 42.3 Å². The zero-order valence-electron chi connectivity index (χ0n) is 14.2. The van der Waals surface area contributed by atoms with Crippen molar-refractivity contribution in [3.8, 4) is 0 Å². The Labute approximate surface area is 134 Å². The molecule has 5 nitrogen and oxygen atoms in total. The molecule has 0 amide bonds. The molecule has 0 bridgehead atoms. The van der Waals surface area contributed by atoms with Crippen molar-refractivity contribution in [2.24, 2.45) is 5.92 Å². The first-order chi connectivity index (χ1) is 10.3. The van der Waals surface area contributed by atoms with Gasteiger partial charge in [-0.15, -0.1) is 0 Å². The quantitative estimate of drug-likeness (QED) is 0.869. The summed E-state index contributed by atoms with van der Waals surface area (Å²) in [7, 11) is -2.97. The summed E-state index contributed by atoms with van der Waals surface area (Å²) in [5.74, 6) is 0.417. The van der Waals surface area contributed by atoms with Gasteiger partial charge in [-0.25, -0.2) is 8.42 Å². The molecule has 1 aromatic rings. The van der Waals surface area contributed by atoms with Gasteiger partial charge in [0.2, 0.25) is 0 Å². The zero-order chi connectivity index (χ0) is 16.3. The Morgan fingerprint density at radius 3 is 2.64 bits per heavy atom. The first-order valence-electron chi connectivity index (χ1n) is 8.20. The molecule has 0 spiro atoms. The lowest BCUT2D eigenvalue weighted by atomic mass is 9.94. The fourth-order valence-corrected chi connectivity index (χ4v) is 4.84. The van der Waals surface area contributed by atoms with E-state index in [0.29, 0.717) is 5.92 Å². The van der Waals surface area contributed by atoms with Gasteiger partial charge in [0.15, 0.2) is 9.84 Å². The predicted octanol–water partition coefficient (Wildman–Crippen LogP) is 2.08. The third-order valence-corrected chi connectivity index (χ3v) is 6.23. The summed E-state index contributed by atoms with van der Waals surface area (Å²) in [5, 5.41) is 7.78. The smallest absolute Gasteiger partial charge is 0.151 e. The monoisotopic (exact) mass is 327 g/mol. The van der Waals surface area contributed by atoms with E-state index in [2.05, 4.69) is 30.3 Å². The van der Waals surface area contributed by atoms with Crippen LogP contribution in [0.3, 0.4) is 0 Å². The molecule has 1 aromatic heterocycles. The summed E-state index contributed by atoms with van der Waals surface area (Å²) in [6.07, 6.45) is 5.27. The first kappa shape index (κ1) is 17.5. The highest BCUT2D eigenvalue weighted by Crippen LogP contribution is 2.24. The summed E-state index contributed by atoms with van der Waals surface area (Å²) in [5.41, 5.74) is 2.22. The topological polar surface area (TPSA) is 64.0 Å². The van der Waals surface area contributed by atoms with E-state index in [1.165, 1.54) is 11.9 Å². The van der Waals surface area contributed by atoms with E-state index in [0.717, 1.165) is 44.5 Å². The SMILES string of the molecule is Cc1cc(C)n(CC(C)CNC2CCCCC2S(C)(=O)=O)n1. The Morgan fingerprint density at radius 1 is 1.36 bits per heavy atom. The maximum absolute atomic E-state index is 11.9. The number of rotatable bonds is 6. The van der Waals surface area contributed by atoms with Gasteiger partial charge in [0.05, 0.1) is 10.9 Å². The highest BCUT2D eigenvalue weighted by Gasteiger charge is 2.32. The molecule has 6 heteroatoms. The molecule has 1 N–H and O–H groups in total. The molecule has 22 heavy (non-hydrogen) atoms. The van der Waals surface area contributed by atoms with E-state index in [-0.39, 0.29) is 11.3 Å². The molecule has 1 saturated carbocycles. The van der Waals surface area contributed by atoms with Crippen molar-refractivity contribution in [2.75, 3.05) is 12.8 Å². The van der Waals surface area contributed by atoms with Crippen LogP contribution in [0.1, 0.15) is 44.0 Å². The fourth-order valence-electron chi connectivity index (χ4n) is 3.41. The lowest BCUT2D eigenvalue weighted by Crippen LogP contribution is -2.47. The Morgan fingerprint density at radius 2 is 2.05 bits per heavy atom. The molecule has 3 unspecified atom stereocenters. The van der Waals surface area contributed by atoms with Gasteiger partial charge in [0.25, 0.3) is 0 Å². The lowest BCUT2D eigenvalue weighted by molar-refractivity contribution is 0.334. The van der Waals surface area contributed by atoms with E-state index < -0.39 is 9.84 Å². The zero-order valence-corrected chi connectivity index (χ0v) is 15.0. The molecule has 2 rings (SSSR count). The van der Waals surface area contributed by atoms with Crippen LogP contribution in [0.2, 0.25) is 0 Å². The molecular weight excluding hydrogens is 298 g/mol. The van der Waals surface area contributed by atoms with Gasteiger partial charge < -0.3 is 5.32 Å². The number of aryl methyl sites for hydroxylation is 2. The summed E-state index contributed by atoms with van der Waals surface area (Å²) in [6, 6.07) is 2.19. The van der Waals surface area contributed by atoms with Crippen molar-refractivity contribution < 1.29 is 8.42 Å². The van der Waals surface area contributed by atoms with Crippen LogP contribution in [0.15, 0.2) is 6.07 Å². The predicted molar refractivity (Wildman–Crippen MR) is 89.8 cm³/mol. The van der Waals surface area contributed by atoms with Gasteiger partial charge in [0.1, 0.15) is 0 Å². The lowest BCUT2D eigenvalue weighted by Gasteiger charge is -2.32. The summed E-state index contributed by atoms with van der Waals surface area (Å²) in [6.45, 7) is 7.95. The van der Waals surface area contributed by atoms with Gasteiger partial charge in [0, 0.05) is 24.5 Å². The van der Waals surface area contributed by atoms with E-state index >= 15 is 0 Å². The highest BCUT2D eigenvalue weighted by atomic mass is 32.2. The molecule has 1 fully saturated rings. The number of hydrogen-bond donors (Lipinski definition) is 1. The molecule has 0 saturated heterocycles. The molecule has 126 valence electrons. The highest BCUT2D eigenvalue weighted by molar-refractivity contribution is 7.91. The third-order valence-electron chi connectivity index (χ3n) is 4.57. The number of nitrogens with zero attached hydrogens (tertiary/aromatic N) is 2. The van der Waals surface area contributed by atoms with Crippen LogP contribution in [0, 0.1) is 19.8 Å². The van der Waals surface area contributed by atoms with E-state index in [1.54, 1.807) is 0 Å². The molecular formula is C16H29N3O2S. The Bertz CT molecular complexity index is 595. The summed E-state index contributed by atoms with van der Waals surface area (Å²) in [4.78, 5) is 0. The van der Waals surface area contributed by atoms with Crippen LogP contribution >= 0.6 is 0 Å². The average molecular weight is 327 g/mol. The standard InChI is InChI=1S/C16H29N3O2S/c1-12(11-19-14(3)9-13(2)18-19)10-17-15-7-5-6-8-16(15)22(4,20)21/h9,12,15-17H,5-8,10-11H2,1-4H3. The molecule has 1 aliphatic carbocycles. The van der Waals surface area contributed by atoms with Crippen molar-refractivity contribution >= 4 is 9.84 Å². The van der Waals surface area contributed by atoms with Crippen molar-refractivity contribution in [3.05, 3.63) is 17.5 Å². The average Bonchev–Trinajstić information content (AvgIpc) is 2.74. The third kappa shape index (κ3) is 4.56. The molecule has 1 heterocycles. The minimum Gasteiger partial charge on any atom is -0.312 e. The summed E-state index contributed by atoms with van der Waals surface area (Å²) >= 11 is 0. The second kappa shape index (κ2) is 7.13. The summed E-state index contributed by atoms with van der Waals surface area (Å²) < 4.78 is 25.9. The van der Waals surface area contributed by atoms with Gasteiger partial charge in [-0.3, -0.25) is 4.68 Å². The van der Waals surface area contributed by atoms with Gasteiger partial charge in [-0.1, -0.05) is 19.8 Å². The first-order valence-corrected chi connectivity index (χ1v) is 10.2.